The highest BCUT2D eigenvalue weighted by Crippen LogP contribution is 2.24. The smallest absolute Gasteiger partial charge is 0.266 e. The molecule has 0 fully saturated rings. The first-order valence-electron chi connectivity index (χ1n) is 9.83. The molecule has 0 atom stereocenters. The van der Waals surface area contributed by atoms with Crippen LogP contribution >= 0.6 is 23.5 Å². The molecule has 1 N–H and O–H groups in total. The molecule has 158 valence electrons. The molecule has 1 amide bonds. The van der Waals surface area contributed by atoms with E-state index in [9.17, 15) is 9.59 Å². The Bertz CT molecular complexity index is 1510. The Hall–Kier alpha value is -3.56. The van der Waals surface area contributed by atoms with Gasteiger partial charge < -0.3 is 5.32 Å². The molecule has 0 aliphatic carbocycles. The van der Waals surface area contributed by atoms with Crippen LogP contribution in [0, 0.1) is 6.92 Å². The predicted molar refractivity (Wildman–Crippen MR) is 129 cm³/mol. The number of thioether (sulfide) groups is 1. The van der Waals surface area contributed by atoms with E-state index in [1.54, 1.807) is 22.8 Å². The molecule has 0 spiro atoms. The second-order valence-electron chi connectivity index (χ2n) is 7.16. The van der Waals surface area contributed by atoms with Gasteiger partial charge in [-0.15, -0.1) is 0 Å². The first-order chi connectivity index (χ1) is 15.6. The number of anilines is 1. The van der Waals surface area contributed by atoms with E-state index in [-0.39, 0.29) is 17.2 Å². The third-order valence-electron chi connectivity index (χ3n) is 4.93. The number of benzene rings is 3. The van der Waals surface area contributed by atoms with Gasteiger partial charge in [0.1, 0.15) is 11.0 Å². The van der Waals surface area contributed by atoms with Crippen LogP contribution in [0.2, 0.25) is 0 Å². The van der Waals surface area contributed by atoms with Crippen LogP contribution in [0.1, 0.15) is 5.56 Å². The molecule has 0 aliphatic rings. The molecule has 0 aliphatic heterocycles. The molecule has 0 bridgehead atoms. The highest BCUT2D eigenvalue weighted by atomic mass is 32.2. The lowest BCUT2D eigenvalue weighted by atomic mass is 10.2. The lowest BCUT2D eigenvalue weighted by Crippen LogP contribution is -2.23. The summed E-state index contributed by atoms with van der Waals surface area (Å²) in [4.78, 5) is 30.7. The minimum Gasteiger partial charge on any atom is -0.323 e. The molecule has 9 heteroatoms. The lowest BCUT2D eigenvalue weighted by Gasteiger charge is -2.13. The Kier molecular flexibility index (Phi) is 5.42. The van der Waals surface area contributed by atoms with Crippen molar-refractivity contribution in [2.75, 3.05) is 11.1 Å². The molecule has 0 unspecified atom stereocenters. The van der Waals surface area contributed by atoms with Gasteiger partial charge in [0, 0.05) is 0 Å². The summed E-state index contributed by atoms with van der Waals surface area (Å²) >= 11 is 2.32. The highest BCUT2D eigenvalue weighted by molar-refractivity contribution is 7.99. The van der Waals surface area contributed by atoms with Gasteiger partial charge in [-0.25, -0.2) is 4.98 Å². The number of hydrogen-bond donors (Lipinski definition) is 1. The van der Waals surface area contributed by atoms with E-state index >= 15 is 0 Å². The Morgan fingerprint density at radius 1 is 1.00 bits per heavy atom. The molecular weight excluding hydrogens is 442 g/mol. The van der Waals surface area contributed by atoms with Gasteiger partial charge in [0.2, 0.25) is 5.91 Å². The number of aryl methyl sites for hydroxylation is 1. The number of amides is 1. The molecule has 0 saturated heterocycles. The van der Waals surface area contributed by atoms with Gasteiger partial charge in [-0.2, -0.15) is 8.75 Å². The molecule has 7 nitrogen and oxygen atoms in total. The first-order valence-corrected chi connectivity index (χ1v) is 11.5. The summed E-state index contributed by atoms with van der Waals surface area (Å²) < 4.78 is 10.0. The van der Waals surface area contributed by atoms with Crippen LogP contribution in [-0.2, 0) is 4.79 Å². The van der Waals surface area contributed by atoms with Crippen LogP contribution in [0.5, 0.6) is 0 Å². The summed E-state index contributed by atoms with van der Waals surface area (Å²) in [6.45, 7) is 1.99. The number of aromatic nitrogens is 4. The van der Waals surface area contributed by atoms with E-state index in [1.807, 2.05) is 55.5 Å². The first kappa shape index (κ1) is 20.3. The standard InChI is InChI=1S/C23H17N5O2S2/c1-14-9-11-15(12-10-14)28-22(30)16-5-2-3-6-17(16)25-23(28)31-13-20(29)24-18-7-4-8-19-21(18)27-32-26-19/h2-12H,13H2,1H3,(H,24,29). The van der Waals surface area contributed by atoms with E-state index < -0.39 is 0 Å². The fraction of sp³-hybridized carbons (Fsp3) is 0.0870. The Morgan fingerprint density at radius 2 is 1.78 bits per heavy atom. The molecule has 2 heterocycles. The number of hydrogen-bond acceptors (Lipinski definition) is 7. The van der Waals surface area contributed by atoms with E-state index in [0.29, 0.717) is 33.0 Å². The summed E-state index contributed by atoms with van der Waals surface area (Å²) in [5, 5.41) is 3.88. The average molecular weight is 460 g/mol. The van der Waals surface area contributed by atoms with Gasteiger partial charge in [0.15, 0.2) is 5.16 Å². The fourth-order valence-electron chi connectivity index (χ4n) is 3.35. The molecule has 32 heavy (non-hydrogen) atoms. The molecule has 5 aromatic rings. The maximum atomic E-state index is 13.3. The maximum Gasteiger partial charge on any atom is 0.266 e. The summed E-state index contributed by atoms with van der Waals surface area (Å²) in [5.41, 5.74) is 4.25. The van der Waals surface area contributed by atoms with Crippen LogP contribution in [0.3, 0.4) is 0 Å². The summed E-state index contributed by atoms with van der Waals surface area (Å²) in [6, 6.07) is 20.3. The molecule has 3 aromatic carbocycles. The fourth-order valence-corrected chi connectivity index (χ4v) is 4.72. The molecule has 5 rings (SSSR count). The van der Waals surface area contributed by atoms with Gasteiger partial charge in [0.25, 0.3) is 5.56 Å². The number of para-hydroxylation sites is 1. The number of carbonyl (C=O) groups is 1. The van der Waals surface area contributed by atoms with Crippen molar-refractivity contribution in [3.8, 4) is 5.69 Å². The number of carbonyl (C=O) groups excluding carboxylic acids is 1. The number of nitrogens with one attached hydrogen (secondary N) is 1. The predicted octanol–water partition coefficient (Wildman–Crippen LogP) is 4.43. The van der Waals surface area contributed by atoms with Crippen molar-refractivity contribution in [1.82, 2.24) is 18.3 Å². The Morgan fingerprint density at radius 3 is 2.62 bits per heavy atom. The van der Waals surface area contributed by atoms with Crippen molar-refractivity contribution in [3.63, 3.8) is 0 Å². The van der Waals surface area contributed by atoms with Crippen molar-refractivity contribution in [3.05, 3.63) is 82.6 Å². The van der Waals surface area contributed by atoms with E-state index in [1.165, 1.54) is 11.8 Å². The number of fused-ring (bicyclic) bond motifs is 2. The van der Waals surface area contributed by atoms with E-state index in [2.05, 4.69) is 19.0 Å². The Balaban J connectivity index is 1.47. The monoisotopic (exact) mass is 459 g/mol. The zero-order valence-corrected chi connectivity index (χ0v) is 18.6. The zero-order valence-electron chi connectivity index (χ0n) is 17.0. The van der Waals surface area contributed by atoms with Crippen molar-refractivity contribution in [2.24, 2.45) is 0 Å². The minimum atomic E-state index is -0.214. The van der Waals surface area contributed by atoms with Crippen LogP contribution < -0.4 is 10.9 Å². The summed E-state index contributed by atoms with van der Waals surface area (Å²) in [7, 11) is 0. The highest BCUT2D eigenvalue weighted by Gasteiger charge is 2.15. The van der Waals surface area contributed by atoms with Gasteiger partial charge >= 0.3 is 0 Å². The molecular formula is C23H17N5O2S2. The van der Waals surface area contributed by atoms with Gasteiger partial charge in [0.05, 0.1) is 39.8 Å². The largest absolute Gasteiger partial charge is 0.323 e. The summed E-state index contributed by atoms with van der Waals surface area (Å²) in [5.74, 6) is -0.127. The number of rotatable bonds is 5. The molecule has 0 radical (unpaired) electrons. The van der Waals surface area contributed by atoms with Crippen molar-refractivity contribution >= 4 is 57.0 Å². The zero-order chi connectivity index (χ0) is 22.1. The second kappa shape index (κ2) is 8.52. The molecule has 2 aromatic heterocycles. The van der Waals surface area contributed by atoms with Gasteiger partial charge in [-0.3, -0.25) is 14.2 Å². The number of nitrogens with zero attached hydrogens (tertiary/aromatic N) is 4. The molecule has 0 saturated carbocycles. The van der Waals surface area contributed by atoms with Crippen LogP contribution in [0.15, 0.2) is 76.7 Å². The SMILES string of the molecule is Cc1ccc(-n2c(SCC(=O)Nc3cccc4nsnc34)nc3ccccc3c2=O)cc1. The van der Waals surface area contributed by atoms with Crippen molar-refractivity contribution in [1.29, 1.82) is 0 Å². The Labute approximate surface area is 191 Å². The van der Waals surface area contributed by atoms with Crippen molar-refractivity contribution in [2.45, 2.75) is 12.1 Å². The maximum absolute atomic E-state index is 13.3. The van der Waals surface area contributed by atoms with Crippen molar-refractivity contribution < 1.29 is 4.79 Å². The second-order valence-corrected chi connectivity index (χ2v) is 8.63. The van der Waals surface area contributed by atoms with Crippen LogP contribution in [0.4, 0.5) is 5.69 Å². The third-order valence-corrected chi connectivity index (χ3v) is 6.41. The average Bonchev–Trinajstić information content (AvgIpc) is 3.29. The lowest BCUT2D eigenvalue weighted by molar-refractivity contribution is -0.113. The minimum absolute atomic E-state index is 0.0879. The normalized spacial score (nSPS) is 11.2. The third kappa shape index (κ3) is 3.88. The van der Waals surface area contributed by atoms with Gasteiger partial charge in [-0.05, 0) is 43.3 Å². The quantitative estimate of drug-likeness (QED) is 0.309. The van der Waals surface area contributed by atoms with Crippen LogP contribution in [-0.4, -0.2) is 30.0 Å². The summed E-state index contributed by atoms with van der Waals surface area (Å²) in [6.07, 6.45) is 0. The topological polar surface area (TPSA) is 89.8 Å². The van der Waals surface area contributed by atoms with Crippen LogP contribution in [0.25, 0.3) is 27.6 Å². The van der Waals surface area contributed by atoms with E-state index in [4.69, 9.17) is 0 Å². The van der Waals surface area contributed by atoms with Gasteiger partial charge in [-0.1, -0.05) is 47.7 Å². The van der Waals surface area contributed by atoms with E-state index in [0.717, 1.165) is 22.8 Å².